The van der Waals surface area contributed by atoms with Crippen molar-refractivity contribution < 1.29 is 9.53 Å². The standard InChI is InChI=1S/C25H31N3O2S2/c1-20-10-11-22-23(19-20)32-25(26-22)28(13-6-12-27-14-16-30-17-15-27)24(29)9-5-18-31-21-7-3-2-4-8-21/h2-4,7-8,10-11,19H,5-6,9,12-18H2,1H3. The lowest BCUT2D eigenvalue weighted by Crippen LogP contribution is -2.39. The largest absolute Gasteiger partial charge is 0.379 e. The number of rotatable bonds is 10. The summed E-state index contributed by atoms with van der Waals surface area (Å²) < 4.78 is 6.59. The first-order chi connectivity index (χ1) is 15.7. The number of amides is 1. The van der Waals surface area contributed by atoms with Gasteiger partial charge in [-0.05, 0) is 55.3 Å². The van der Waals surface area contributed by atoms with Crippen LogP contribution in [0.4, 0.5) is 5.13 Å². The van der Waals surface area contributed by atoms with Crippen molar-refractivity contribution in [3.63, 3.8) is 0 Å². The molecule has 1 fully saturated rings. The van der Waals surface area contributed by atoms with Crippen molar-refractivity contribution in [2.75, 3.05) is 50.0 Å². The highest BCUT2D eigenvalue weighted by molar-refractivity contribution is 7.99. The Bertz CT molecular complexity index is 1000. The predicted molar refractivity (Wildman–Crippen MR) is 135 cm³/mol. The van der Waals surface area contributed by atoms with E-state index in [9.17, 15) is 4.79 Å². The molecule has 0 spiro atoms. The first-order valence-electron chi connectivity index (χ1n) is 11.3. The SMILES string of the molecule is Cc1ccc2nc(N(CCCN3CCOCC3)C(=O)CCCSc3ccccc3)sc2c1. The molecule has 2 aromatic carbocycles. The van der Waals surface area contributed by atoms with Crippen LogP contribution in [0.5, 0.6) is 0 Å². The number of ether oxygens (including phenoxy) is 1. The average molecular weight is 470 g/mol. The zero-order valence-electron chi connectivity index (χ0n) is 18.7. The molecule has 7 heteroatoms. The van der Waals surface area contributed by atoms with Gasteiger partial charge in [-0.15, -0.1) is 11.8 Å². The van der Waals surface area contributed by atoms with Crippen molar-refractivity contribution in [3.05, 3.63) is 54.1 Å². The molecule has 3 aromatic rings. The molecule has 170 valence electrons. The lowest BCUT2D eigenvalue weighted by atomic mass is 10.2. The fourth-order valence-corrected chi connectivity index (χ4v) is 5.79. The number of fused-ring (bicyclic) bond motifs is 1. The number of aryl methyl sites for hydroxylation is 1. The second kappa shape index (κ2) is 11.8. The second-order valence-corrected chi connectivity index (χ2v) is 10.3. The molecular formula is C25H31N3O2S2. The third-order valence-electron chi connectivity index (χ3n) is 5.57. The van der Waals surface area contributed by atoms with Crippen molar-refractivity contribution in [1.82, 2.24) is 9.88 Å². The van der Waals surface area contributed by atoms with Crippen LogP contribution < -0.4 is 4.90 Å². The van der Waals surface area contributed by atoms with Gasteiger partial charge in [0.15, 0.2) is 5.13 Å². The van der Waals surface area contributed by atoms with Crippen LogP contribution in [-0.4, -0.2) is 60.9 Å². The maximum atomic E-state index is 13.2. The van der Waals surface area contributed by atoms with Crippen molar-refractivity contribution in [2.45, 2.75) is 31.1 Å². The molecule has 1 aliphatic rings. The van der Waals surface area contributed by atoms with Gasteiger partial charge in [0, 0.05) is 37.5 Å². The smallest absolute Gasteiger partial charge is 0.228 e. The molecule has 0 saturated carbocycles. The summed E-state index contributed by atoms with van der Waals surface area (Å²) in [7, 11) is 0. The van der Waals surface area contributed by atoms with Gasteiger partial charge in [-0.2, -0.15) is 0 Å². The summed E-state index contributed by atoms with van der Waals surface area (Å²) in [5.74, 6) is 1.12. The highest BCUT2D eigenvalue weighted by atomic mass is 32.2. The molecule has 1 aliphatic heterocycles. The topological polar surface area (TPSA) is 45.7 Å². The summed E-state index contributed by atoms with van der Waals surface area (Å²) in [6.07, 6.45) is 2.36. The zero-order valence-corrected chi connectivity index (χ0v) is 20.3. The maximum absolute atomic E-state index is 13.2. The van der Waals surface area contributed by atoms with E-state index in [2.05, 4.69) is 54.3 Å². The van der Waals surface area contributed by atoms with Crippen molar-refractivity contribution in [3.8, 4) is 0 Å². The number of morpholine rings is 1. The molecule has 1 saturated heterocycles. The quantitative estimate of drug-likeness (QED) is 0.300. The number of benzene rings is 2. The fraction of sp³-hybridized carbons (Fsp3) is 0.440. The third-order valence-corrected chi connectivity index (χ3v) is 7.71. The van der Waals surface area contributed by atoms with Crippen LogP contribution in [0.1, 0.15) is 24.8 Å². The number of carbonyl (C=O) groups excluding carboxylic acids is 1. The van der Waals surface area contributed by atoms with Crippen LogP contribution in [0.25, 0.3) is 10.2 Å². The van der Waals surface area contributed by atoms with Crippen LogP contribution >= 0.6 is 23.1 Å². The number of nitrogens with zero attached hydrogens (tertiary/aromatic N) is 3. The molecule has 0 radical (unpaired) electrons. The Morgan fingerprint density at radius 3 is 2.78 bits per heavy atom. The van der Waals surface area contributed by atoms with Crippen molar-refractivity contribution in [1.29, 1.82) is 0 Å². The van der Waals surface area contributed by atoms with Crippen molar-refractivity contribution >= 4 is 44.4 Å². The summed E-state index contributed by atoms with van der Waals surface area (Å²) in [5.41, 5.74) is 2.19. The Kier molecular flexibility index (Phi) is 8.56. The number of anilines is 1. The molecule has 1 aromatic heterocycles. The molecule has 0 unspecified atom stereocenters. The minimum absolute atomic E-state index is 0.177. The monoisotopic (exact) mass is 469 g/mol. The highest BCUT2D eigenvalue weighted by Crippen LogP contribution is 2.30. The van der Waals surface area contributed by atoms with Crippen LogP contribution in [0.2, 0.25) is 0 Å². The number of thiazole rings is 1. The normalized spacial score (nSPS) is 14.7. The van der Waals surface area contributed by atoms with E-state index in [1.54, 1.807) is 11.3 Å². The average Bonchev–Trinajstić information content (AvgIpc) is 3.23. The number of aromatic nitrogens is 1. The first-order valence-corrected chi connectivity index (χ1v) is 13.1. The number of carbonyl (C=O) groups is 1. The van der Waals surface area contributed by atoms with Crippen LogP contribution in [0, 0.1) is 6.92 Å². The van der Waals surface area contributed by atoms with E-state index in [1.807, 2.05) is 22.7 Å². The predicted octanol–water partition coefficient (Wildman–Crippen LogP) is 5.23. The van der Waals surface area contributed by atoms with E-state index in [0.29, 0.717) is 13.0 Å². The Hall–Kier alpha value is -1.93. The highest BCUT2D eigenvalue weighted by Gasteiger charge is 2.20. The van der Waals surface area contributed by atoms with E-state index in [1.165, 1.54) is 10.5 Å². The molecule has 0 bridgehead atoms. The van der Waals surface area contributed by atoms with Gasteiger partial charge in [-0.25, -0.2) is 4.98 Å². The Labute approximate surface area is 198 Å². The van der Waals surface area contributed by atoms with E-state index in [0.717, 1.165) is 66.8 Å². The fourth-order valence-electron chi connectivity index (χ4n) is 3.80. The van der Waals surface area contributed by atoms with Gasteiger partial charge < -0.3 is 4.74 Å². The van der Waals surface area contributed by atoms with E-state index >= 15 is 0 Å². The molecule has 1 amide bonds. The lowest BCUT2D eigenvalue weighted by Gasteiger charge is -2.27. The van der Waals surface area contributed by atoms with Crippen LogP contribution in [0.15, 0.2) is 53.4 Å². The molecule has 0 atom stereocenters. The van der Waals surface area contributed by atoms with E-state index in [4.69, 9.17) is 9.72 Å². The van der Waals surface area contributed by atoms with E-state index in [-0.39, 0.29) is 5.91 Å². The lowest BCUT2D eigenvalue weighted by molar-refractivity contribution is -0.118. The van der Waals surface area contributed by atoms with Gasteiger partial charge in [0.2, 0.25) is 5.91 Å². The van der Waals surface area contributed by atoms with Gasteiger partial charge in [0.05, 0.1) is 23.4 Å². The molecule has 0 N–H and O–H groups in total. The van der Waals surface area contributed by atoms with Gasteiger partial charge >= 0.3 is 0 Å². The van der Waals surface area contributed by atoms with Gasteiger partial charge in [-0.1, -0.05) is 35.6 Å². The van der Waals surface area contributed by atoms with E-state index < -0.39 is 0 Å². The Morgan fingerprint density at radius 1 is 1.16 bits per heavy atom. The number of thioether (sulfide) groups is 1. The minimum atomic E-state index is 0.177. The second-order valence-electron chi connectivity index (χ2n) is 8.09. The number of hydrogen-bond donors (Lipinski definition) is 0. The van der Waals surface area contributed by atoms with Gasteiger partial charge in [-0.3, -0.25) is 14.6 Å². The van der Waals surface area contributed by atoms with Crippen molar-refractivity contribution in [2.24, 2.45) is 0 Å². The molecule has 32 heavy (non-hydrogen) atoms. The summed E-state index contributed by atoms with van der Waals surface area (Å²) in [4.78, 5) is 23.6. The summed E-state index contributed by atoms with van der Waals surface area (Å²) in [6, 6.07) is 16.7. The van der Waals surface area contributed by atoms with Crippen LogP contribution in [0.3, 0.4) is 0 Å². The number of hydrogen-bond acceptors (Lipinski definition) is 6. The summed E-state index contributed by atoms with van der Waals surface area (Å²) >= 11 is 3.43. The molecule has 4 rings (SSSR count). The molecular weight excluding hydrogens is 438 g/mol. The summed E-state index contributed by atoms with van der Waals surface area (Å²) in [6.45, 7) is 7.35. The maximum Gasteiger partial charge on any atom is 0.228 e. The minimum Gasteiger partial charge on any atom is -0.379 e. The zero-order chi connectivity index (χ0) is 22.2. The Balaban J connectivity index is 1.37. The summed E-state index contributed by atoms with van der Waals surface area (Å²) in [5, 5.41) is 0.827. The Morgan fingerprint density at radius 2 is 1.97 bits per heavy atom. The molecule has 5 nitrogen and oxygen atoms in total. The molecule has 0 aliphatic carbocycles. The van der Waals surface area contributed by atoms with Gasteiger partial charge in [0.25, 0.3) is 0 Å². The van der Waals surface area contributed by atoms with Crippen LogP contribution in [-0.2, 0) is 9.53 Å². The first kappa shape index (κ1) is 23.2. The third kappa shape index (κ3) is 6.54. The molecule has 2 heterocycles. The van der Waals surface area contributed by atoms with Gasteiger partial charge in [0.1, 0.15) is 0 Å².